The average Bonchev–Trinajstić information content (AvgIpc) is 2.96. The molecule has 0 saturated carbocycles. The van der Waals surface area contributed by atoms with Gasteiger partial charge in [0.25, 0.3) is 5.56 Å². The summed E-state index contributed by atoms with van der Waals surface area (Å²) in [7, 11) is 0. The van der Waals surface area contributed by atoms with E-state index >= 15 is 0 Å². The smallest absolute Gasteiger partial charge is 0.263 e. The van der Waals surface area contributed by atoms with Gasteiger partial charge in [0.05, 0.1) is 22.3 Å². The molecule has 0 saturated heterocycles. The highest BCUT2D eigenvalue weighted by molar-refractivity contribution is 8.00. The summed E-state index contributed by atoms with van der Waals surface area (Å²) < 4.78 is 1.62. The number of carbonyl (C=O) groups excluding carboxylic acids is 1. The van der Waals surface area contributed by atoms with Crippen molar-refractivity contribution in [2.75, 3.05) is 5.32 Å². The summed E-state index contributed by atoms with van der Waals surface area (Å²) in [6.45, 7) is 8.07. The molecule has 1 aromatic carbocycles. The van der Waals surface area contributed by atoms with Crippen LogP contribution in [0.25, 0.3) is 10.2 Å². The summed E-state index contributed by atoms with van der Waals surface area (Å²) in [6.07, 6.45) is 0. The maximum atomic E-state index is 12.9. The van der Waals surface area contributed by atoms with E-state index in [-0.39, 0.29) is 11.5 Å². The predicted molar refractivity (Wildman–Crippen MR) is 114 cm³/mol. The summed E-state index contributed by atoms with van der Waals surface area (Å²) in [6, 6.07) is 8.81. The second-order valence-corrected chi connectivity index (χ2v) is 8.86. The van der Waals surface area contributed by atoms with Crippen molar-refractivity contribution < 1.29 is 4.79 Å². The number of benzene rings is 1. The minimum absolute atomic E-state index is 0.0637. The molecule has 0 bridgehead atoms. The Labute approximate surface area is 171 Å². The third-order valence-corrected chi connectivity index (χ3v) is 6.67. The number of amides is 1. The van der Waals surface area contributed by atoms with E-state index in [1.54, 1.807) is 35.8 Å². The number of anilines is 1. The molecule has 3 rings (SSSR count). The van der Waals surface area contributed by atoms with Crippen LogP contribution in [0, 0.1) is 25.2 Å². The molecule has 0 spiro atoms. The van der Waals surface area contributed by atoms with E-state index in [9.17, 15) is 9.59 Å². The van der Waals surface area contributed by atoms with E-state index in [2.05, 4.69) is 16.4 Å². The number of aryl methyl sites for hydroxylation is 2. The molecule has 144 valence electrons. The quantitative estimate of drug-likeness (QED) is 0.504. The van der Waals surface area contributed by atoms with Gasteiger partial charge in [-0.2, -0.15) is 5.26 Å². The molecular weight excluding hydrogens is 392 g/mol. The van der Waals surface area contributed by atoms with Gasteiger partial charge in [-0.1, -0.05) is 17.8 Å². The highest BCUT2D eigenvalue weighted by atomic mass is 32.2. The molecular formula is C20H20N4O2S2. The fourth-order valence-corrected chi connectivity index (χ4v) is 4.84. The van der Waals surface area contributed by atoms with Gasteiger partial charge >= 0.3 is 0 Å². The monoisotopic (exact) mass is 412 g/mol. The Morgan fingerprint density at radius 1 is 1.43 bits per heavy atom. The van der Waals surface area contributed by atoms with Gasteiger partial charge in [-0.05, 0) is 51.5 Å². The summed E-state index contributed by atoms with van der Waals surface area (Å²) in [5.41, 5.74) is 1.95. The standard InChI is InChI=1S/C20H20N4O2S2/c1-5-24-19(26)16-11(2)12(3)27-18(16)23-20(24)28-13(4)17(25)22-15-8-6-7-14(9-15)10-21/h6-9,13H,5H2,1-4H3,(H,22,25). The highest BCUT2D eigenvalue weighted by Crippen LogP contribution is 2.30. The minimum atomic E-state index is -0.463. The van der Waals surface area contributed by atoms with E-state index in [4.69, 9.17) is 5.26 Å². The number of carbonyl (C=O) groups is 1. The molecule has 3 aromatic rings. The number of rotatable bonds is 5. The number of nitrogens with one attached hydrogen (secondary N) is 1. The van der Waals surface area contributed by atoms with Crippen molar-refractivity contribution >= 4 is 44.9 Å². The zero-order chi connectivity index (χ0) is 20.4. The molecule has 0 aliphatic heterocycles. The first-order chi connectivity index (χ1) is 13.3. The second-order valence-electron chi connectivity index (χ2n) is 6.35. The third kappa shape index (κ3) is 3.81. The Hall–Kier alpha value is -2.63. The summed E-state index contributed by atoms with van der Waals surface area (Å²) in [5.74, 6) is -0.212. The first-order valence-electron chi connectivity index (χ1n) is 8.84. The van der Waals surface area contributed by atoms with Crippen LogP contribution in [-0.2, 0) is 11.3 Å². The van der Waals surface area contributed by atoms with E-state index in [1.165, 1.54) is 23.1 Å². The molecule has 2 heterocycles. The molecule has 6 nitrogen and oxygen atoms in total. The first-order valence-corrected chi connectivity index (χ1v) is 10.5. The van der Waals surface area contributed by atoms with Gasteiger partial charge in [-0.25, -0.2) is 4.98 Å². The summed E-state index contributed by atoms with van der Waals surface area (Å²) in [5, 5.41) is 12.5. The molecule has 1 atom stereocenters. The molecule has 0 aliphatic carbocycles. The van der Waals surface area contributed by atoms with E-state index in [0.717, 1.165) is 10.4 Å². The van der Waals surface area contributed by atoms with Crippen molar-refractivity contribution in [2.45, 2.75) is 44.6 Å². The number of aromatic nitrogens is 2. The lowest BCUT2D eigenvalue weighted by Gasteiger charge is -2.15. The van der Waals surface area contributed by atoms with Crippen molar-refractivity contribution in [3.63, 3.8) is 0 Å². The number of nitrogens with zero attached hydrogens (tertiary/aromatic N) is 3. The molecule has 0 fully saturated rings. The lowest BCUT2D eigenvalue weighted by Crippen LogP contribution is -2.26. The van der Waals surface area contributed by atoms with Crippen LogP contribution in [0.1, 0.15) is 29.9 Å². The van der Waals surface area contributed by atoms with E-state index < -0.39 is 5.25 Å². The van der Waals surface area contributed by atoms with Gasteiger partial charge in [0.15, 0.2) is 5.16 Å². The van der Waals surface area contributed by atoms with Crippen LogP contribution >= 0.6 is 23.1 Å². The summed E-state index contributed by atoms with van der Waals surface area (Å²) >= 11 is 2.76. The first kappa shape index (κ1) is 20.1. The topological polar surface area (TPSA) is 87.8 Å². The number of nitriles is 1. The molecule has 8 heteroatoms. The molecule has 0 aliphatic rings. The third-order valence-electron chi connectivity index (χ3n) is 4.48. The van der Waals surface area contributed by atoms with E-state index in [0.29, 0.717) is 33.2 Å². The van der Waals surface area contributed by atoms with Crippen LogP contribution in [0.15, 0.2) is 34.2 Å². The number of fused-ring (bicyclic) bond motifs is 1. The Kier molecular flexibility index (Phi) is 5.87. The Morgan fingerprint density at radius 3 is 2.86 bits per heavy atom. The number of thiophene rings is 1. The zero-order valence-electron chi connectivity index (χ0n) is 16.1. The fourth-order valence-electron chi connectivity index (χ4n) is 2.80. The average molecular weight is 413 g/mol. The molecule has 0 radical (unpaired) electrons. The predicted octanol–water partition coefficient (Wildman–Crippen LogP) is 4.09. The molecule has 1 N–H and O–H groups in total. The normalized spacial score (nSPS) is 12.0. The number of hydrogen-bond acceptors (Lipinski definition) is 6. The van der Waals surface area contributed by atoms with Gasteiger partial charge in [0, 0.05) is 17.1 Å². The summed E-state index contributed by atoms with van der Waals surface area (Å²) in [4.78, 5) is 32.0. The van der Waals surface area contributed by atoms with Gasteiger partial charge in [0.2, 0.25) is 5.91 Å². The van der Waals surface area contributed by atoms with Crippen LogP contribution < -0.4 is 10.9 Å². The molecule has 1 unspecified atom stereocenters. The van der Waals surface area contributed by atoms with Crippen molar-refractivity contribution in [3.8, 4) is 6.07 Å². The zero-order valence-corrected chi connectivity index (χ0v) is 17.7. The van der Waals surface area contributed by atoms with Crippen LogP contribution in [0.4, 0.5) is 5.69 Å². The lowest BCUT2D eigenvalue weighted by molar-refractivity contribution is -0.115. The maximum absolute atomic E-state index is 12.9. The van der Waals surface area contributed by atoms with Gasteiger partial charge in [-0.15, -0.1) is 11.3 Å². The molecule has 2 aromatic heterocycles. The van der Waals surface area contributed by atoms with Gasteiger partial charge in [-0.3, -0.25) is 14.2 Å². The maximum Gasteiger partial charge on any atom is 0.263 e. The Morgan fingerprint density at radius 2 is 2.18 bits per heavy atom. The van der Waals surface area contributed by atoms with Crippen LogP contribution in [0.5, 0.6) is 0 Å². The van der Waals surface area contributed by atoms with Crippen molar-refractivity contribution in [1.29, 1.82) is 5.26 Å². The van der Waals surface area contributed by atoms with Gasteiger partial charge in [0.1, 0.15) is 4.83 Å². The Balaban J connectivity index is 1.88. The lowest BCUT2D eigenvalue weighted by atomic mass is 10.2. The van der Waals surface area contributed by atoms with Crippen molar-refractivity contribution in [1.82, 2.24) is 9.55 Å². The molecule has 1 amide bonds. The minimum Gasteiger partial charge on any atom is -0.325 e. The van der Waals surface area contributed by atoms with E-state index in [1.807, 2.05) is 20.8 Å². The Bertz CT molecular complexity index is 1160. The van der Waals surface area contributed by atoms with Crippen LogP contribution in [0.2, 0.25) is 0 Å². The van der Waals surface area contributed by atoms with Gasteiger partial charge < -0.3 is 5.32 Å². The fraction of sp³-hybridized carbons (Fsp3) is 0.300. The highest BCUT2D eigenvalue weighted by Gasteiger charge is 2.21. The van der Waals surface area contributed by atoms with Crippen molar-refractivity contribution in [3.05, 3.63) is 50.6 Å². The largest absolute Gasteiger partial charge is 0.325 e. The SMILES string of the molecule is CCn1c(SC(C)C(=O)Nc2cccc(C#N)c2)nc2sc(C)c(C)c2c1=O. The van der Waals surface area contributed by atoms with Crippen LogP contribution in [-0.4, -0.2) is 20.7 Å². The van der Waals surface area contributed by atoms with Crippen LogP contribution in [0.3, 0.4) is 0 Å². The number of hydrogen-bond donors (Lipinski definition) is 1. The van der Waals surface area contributed by atoms with Crippen molar-refractivity contribution in [2.24, 2.45) is 0 Å². The number of thioether (sulfide) groups is 1. The second kappa shape index (κ2) is 8.17. The molecule has 28 heavy (non-hydrogen) atoms.